The van der Waals surface area contributed by atoms with Crippen molar-refractivity contribution in [2.75, 3.05) is 39.3 Å². The number of nitrogens with one attached hydrogen (secondary N) is 1. The summed E-state index contributed by atoms with van der Waals surface area (Å²) in [7, 11) is 3.41. The van der Waals surface area contributed by atoms with Gasteiger partial charge in [0.15, 0.2) is 5.13 Å². The van der Waals surface area contributed by atoms with Crippen molar-refractivity contribution in [3.63, 3.8) is 0 Å². The van der Waals surface area contributed by atoms with Crippen LogP contribution in [0.2, 0.25) is 0 Å². The second-order valence-corrected chi connectivity index (χ2v) is 4.41. The maximum Gasteiger partial charge on any atom is 0.182 e. The number of nitrogens with zero attached hydrogens (tertiary/aromatic N) is 1. The smallest absolute Gasteiger partial charge is 0.182 e. The molecule has 1 aromatic rings. The van der Waals surface area contributed by atoms with Crippen LogP contribution in [0.15, 0.2) is 6.20 Å². The first-order valence-electron chi connectivity index (χ1n) is 4.95. The minimum atomic E-state index is 0.408. The summed E-state index contributed by atoms with van der Waals surface area (Å²) < 4.78 is 10.1. The Balaban J connectivity index is 2.41. The van der Waals surface area contributed by atoms with Crippen LogP contribution in [0.25, 0.3) is 0 Å². The Bertz CT molecular complexity index is 278. The monoisotopic (exact) mass is 230 g/mol. The van der Waals surface area contributed by atoms with Gasteiger partial charge >= 0.3 is 0 Å². The second-order valence-electron chi connectivity index (χ2n) is 3.34. The number of methoxy groups -OCH3 is 2. The molecule has 1 atom stereocenters. The van der Waals surface area contributed by atoms with Crippen molar-refractivity contribution in [3.05, 3.63) is 11.1 Å². The Morgan fingerprint density at radius 2 is 2.27 bits per heavy atom. The number of anilines is 1. The molecule has 0 saturated heterocycles. The molecule has 15 heavy (non-hydrogen) atoms. The van der Waals surface area contributed by atoms with Crippen LogP contribution in [-0.4, -0.2) is 39.0 Å². The second kappa shape index (κ2) is 6.76. The summed E-state index contributed by atoms with van der Waals surface area (Å²) in [6.45, 7) is 4.36. The van der Waals surface area contributed by atoms with Gasteiger partial charge in [0.05, 0.1) is 13.2 Å². The van der Waals surface area contributed by atoms with Crippen LogP contribution in [0.4, 0.5) is 5.13 Å². The van der Waals surface area contributed by atoms with E-state index >= 15 is 0 Å². The van der Waals surface area contributed by atoms with Crippen LogP contribution in [0.1, 0.15) is 17.7 Å². The Labute approximate surface area is 94.6 Å². The van der Waals surface area contributed by atoms with Gasteiger partial charge in [-0.2, -0.15) is 0 Å². The van der Waals surface area contributed by atoms with Crippen LogP contribution in [-0.2, 0) is 9.47 Å². The minimum Gasteiger partial charge on any atom is -0.384 e. The molecule has 0 spiro atoms. The van der Waals surface area contributed by atoms with Crippen molar-refractivity contribution >= 4 is 16.5 Å². The van der Waals surface area contributed by atoms with Gasteiger partial charge in [0, 0.05) is 37.8 Å². The molecule has 1 rings (SSSR count). The number of hydrogen-bond acceptors (Lipinski definition) is 5. The SMILES string of the molecule is COCCNc1ncc(C(C)COC)s1. The van der Waals surface area contributed by atoms with Crippen LogP contribution in [0.3, 0.4) is 0 Å². The summed E-state index contributed by atoms with van der Waals surface area (Å²) in [6, 6.07) is 0. The number of ether oxygens (including phenoxy) is 2. The van der Waals surface area contributed by atoms with E-state index in [2.05, 4.69) is 17.2 Å². The molecule has 1 aromatic heterocycles. The standard InChI is InChI=1S/C10H18N2O2S/c1-8(7-14-3)9-6-12-10(15-9)11-4-5-13-2/h6,8H,4-5,7H2,1-3H3,(H,11,12). The van der Waals surface area contributed by atoms with Gasteiger partial charge in [-0.05, 0) is 0 Å². The molecule has 0 radical (unpaired) electrons. The fourth-order valence-corrected chi connectivity index (χ4v) is 2.07. The summed E-state index contributed by atoms with van der Waals surface area (Å²) in [5, 5.41) is 4.15. The Kier molecular flexibility index (Phi) is 5.60. The van der Waals surface area contributed by atoms with Gasteiger partial charge in [-0.15, -0.1) is 11.3 Å². The topological polar surface area (TPSA) is 43.4 Å². The number of aromatic nitrogens is 1. The molecule has 1 heterocycles. The van der Waals surface area contributed by atoms with Crippen molar-refractivity contribution in [1.82, 2.24) is 4.98 Å². The molecule has 0 aliphatic heterocycles. The average Bonchev–Trinajstić information content (AvgIpc) is 2.67. The highest BCUT2D eigenvalue weighted by molar-refractivity contribution is 7.15. The van der Waals surface area contributed by atoms with Crippen LogP contribution in [0, 0.1) is 0 Å². The Hall–Kier alpha value is -0.650. The number of thiazole rings is 1. The van der Waals surface area contributed by atoms with Gasteiger partial charge in [0.25, 0.3) is 0 Å². The van der Waals surface area contributed by atoms with Crippen molar-refractivity contribution in [2.24, 2.45) is 0 Å². The van der Waals surface area contributed by atoms with E-state index < -0.39 is 0 Å². The molecule has 4 nitrogen and oxygen atoms in total. The van der Waals surface area contributed by atoms with Crippen molar-refractivity contribution in [2.45, 2.75) is 12.8 Å². The molecular formula is C10H18N2O2S. The summed E-state index contributed by atoms with van der Waals surface area (Å²) in [5.41, 5.74) is 0. The van der Waals surface area contributed by atoms with Crippen molar-refractivity contribution in [1.29, 1.82) is 0 Å². The highest BCUT2D eigenvalue weighted by Gasteiger charge is 2.09. The molecule has 1 N–H and O–H groups in total. The predicted octanol–water partition coefficient (Wildman–Crippen LogP) is 1.95. The van der Waals surface area contributed by atoms with Crippen LogP contribution in [0.5, 0.6) is 0 Å². The highest BCUT2D eigenvalue weighted by Crippen LogP contribution is 2.25. The summed E-state index contributed by atoms with van der Waals surface area (Å²) >= 11 is 1.67. The normalized spacial score (nSPS) is 12.7. The van der Waals surface area contributed by atoms with E-state index in [4.69, 9.17) is 9.47 Å². The quantitative estimate of drug-likeness (QED) is 0.727. The van der Waals surface area contributed by atoms with E-state index in [0.29, 0.717) is 12.5 Å². The van der Waals surface area contributed by atoms with Crippen LogP contribution < -0.4 is 5.32 Å². The summed E-state index contributed by atoms with van der Waals surface area (Å²) in [4.78, 5) is 5.53. The Morgan fingerprint density at radius 3 is 2.93 bits per heavy atom. The van der Waals surface area contributed by atoms with Crippen molar-refractivity contribution < 1.29 is 9.47 Å². The van der Waals surface area contributed by atoms with Crippen LogP contribution >= 0.6 is 11.3 Å². The average molecular weight is 230 g/mol. The maximum absolute atomic E-state index is 5.10. The fraction of sp³-hybridized carbons (Fsp3) is 0.700. The van der Waals surface area contributed by atoms with Gasteiger partial charge in [-0.3, -0.25) is 0 Å². The fourth-order valence-electron chi connectivity index (χ4n) is 1.19. The van der Waals surface area contributed by atoms with Gasteiger partial charge < -0.3 is 14.8 Å². The third-order valence-corrected chi connectivity index (χ3v) is 3.19. The van der Waals surface area contributed by atoms with E-state index in [1.54, 1.807) is 25.6 Å². The molecule has 86 valence electrons. The van der Waals surface area contributed by atoms with E-state index in [9.17, 15) is 0 Å². The molecule has 5 heteroatoms. The highest BCUT2D eigenvalue weighted by atomic mass is 32.1. The van der Waals surface area contributed by atoms with Gasteiger partial charge in [-0.1, -0.05) is 6.92 Å². The molecule has 0 amide bonds. The lowest BCUT2D eigenvalue weighted by atomic mass is 10.2. The minimum absolute atomic E-state index is 0.408. The number of rotatable bonds is 7. The van der Waals surface area contributed by atoms with Gasteiger partial charge in [0.2, 0.25) is 0 Å². The Morgan fingerprint density at radius 1 is 1.47 bits per heavy atom. The van der Waals surface area contributed by atoms with E-state index in [0.717, 1.165) is 18.3 Å². The first-order chi connectivity index (χ1) is 7.27. The van der Waals surface area contributed by atoms with E-state index in [1.807, 2.05) is 6.20 Å². The van der Waals surface area contributed by atoms with E-state index in [1.165, 1.54) is 4.88 Å². The van der Waals surface area contributed by atoms with Gasteiger partial charge in [-0.25, -0.2) is 4.98 Å². The maximum atomic E-state index is 5.10. The lowest BCUT2D eigenvalue weighted by molar-refractivity contribution is 0.185. The molecule has 0 aliphatic rings. The summed E-state index contributed by atoms with van der Waals surface area (Å²) in [5.74, 6) is 0.408. The number of hydrogen-bond donors (Lipinski definition) is 1. The lowest BCUT2D eigenvalue weighted by Crippen LogP contribution is -2.06. The molecule has 0 fully saturated rings. The largest absolute Gasteiger partial charge is 0.384 e. The zero-order valence-corrected chi connectivity index (χ0v) is 10.3. The van der Waals surface area contributed by atoms with E-state index in [-0.39, 0.29) is 0 Å². The zero-order valence-electron chi connectivity index (χ0n) is 9.45. The molecule has 1 unspecified atom stereocenters. The molecular weight excluding hydrogens is 212 g/mol. The first kappa shape index (κ1) is 12.4. The molecule has 0 bridgehead atoms. The zero-order chi connectivity index (χ0) is 11.1. The summed E-state index contributed by atoms with van der Waals surface area (Å²) in [6.07, 6.45) is 1.91. The third-order valence-electron chi connectivity index (χ3n) is 2.01. The third kappa shape index (κ3) is 4.15. The molecule has 0 saturated carbocycles. The molecule has 0 aliphatic carbocycles. The predicted molar refractivity (Wildman–Crippen MR) is 62.8 cm³/mol. The lowest BCUT2D eigenvalue weighted by Gasteiger charge is -2.05. The van der Waals surface area contributed by atoms with Crippen molar-refractivity contribution in [3.8, 4) is 0 Å². The molecule has 0 aromatic carbocycles. The first-order valence-corrected chi connectivity index (χ1v) is 5.77. The van der Waals surface area contributed by atoms with Gasteiger partial charge in [0.1, 0.15) is 0 Å².